The van der Waals surface area contributed by atoms with Crippen molar-refractivity contribution in [2.45, 2.75) is 50.9 Å². The van der Waals surface area contributed by atoms with E-state index in [-0.39, 0.29) is 24.8 Å². The minimum absolute atomic E-state index is 0. The Labute approximate surface area is 199 Å². The van der Waals surface area contributed by atoms with Crippen LogP contribution in [0.4, 0.5) is 0 Å². The van der Waals surface area contributed by atoms with Gasteiger partial charge in [0.05, 0.1) is 0 Å². The minimum Gasteiger partial charge on any atom is -0.308 e. The summed E-state index contributed by atoms with van der Waals surface area (Å²) in [6.45, 7) is 1.47. The molecule has 0 aliphatic heterocycles. The number of halogens is 6. The highest BCUT2D eigenvalue weighted by atomic mass is 35.5. The molecule has 1 fully saturated rings. The van der Waals surface area contributed by atoms with E-state index in [0.717, 1.165) is 37.1 Å². The summed E-state index contributed by atoms with van der Waals surface area (Å²) in [6.07, 6.45) is 4.78. The minimum atomic E-state index is 0. The maximum absolute atomic E-state index is 6.29. The van der Waals surface area contributed by atoms with Crippen LogP contribution in [0.3, 0.4) is 0 Å². The van der Waals surface area contributed by atoms with Gasteiger partial charge in [-0.25, -0.2) is 0 Å². The first-order valence-corrected chi connectivity index (χ1v) is 10.4. The van der Waals surface area contributed by atoms with Gasteiger partial charge in [-0.05, 0) is 48.2 Å². The van der Waals surface area contributed by atoms with Crippen molar-refractivity contribution in [1.82, 2.24) is 10.6 Å². The summed E-state index contributed by atoms with van der Waals surface area (Å²) in [7, 11) is 0. The van der Waals surface area contributed by atoms with E-state index in [9.17, 15) is 0 Å². The molecule has 8 heteroatoms. The quantitative estimate of drug-likeness (QED) is 0.430. The van der Waals surface area contributed by atoms with Crippen LogP contribution in [0.5, 0.6) is 0 Å². The lowest BCUT2D eigenvalue weighted by Crippen LogP contribution is -2.49. The van der Waals surface area contributed by atoms with E-state index >= 15 is 0 Å². The predicted octanol–water partition coefficient (Wildman–Crippen LogP) is 7.33. The molecule has 2 nitrogen and oxygen atoms in total. The molecule has 0 unspecified atom stereocenters. The fraction of sp³-hybridized carbons (Fsp3) is 0.400. The van der Waals surface area contributed by atoms with Crippen molar-refractivity contribution < 1.29 is 0 Å². The number of rotatable bonds is 6. The lowest BCUT2D eigenvalue weighted by atomic mass is 9.90. The molecule has 0 saturated heterocycles. The number of hydrogen-bond acceptors (Lipinski definition) is 2. The maximum atomic E-state index is 6.29. The zero-order valence-corrected chi connectivity index (χ0v) is 19.8. The molecular formula is C20H24Cl6N2. The van der Waals surface area contributed by atoms with E-state index in [0.29, 0.717) is 32.2 Å². The van der Waals surface area contributed by atoms with E-state index < -0.39 is 0 Å². The van der Waals surface area contributed by atoms with Gasteiger partial charge in [0.2, 0.25) is 0 Å². The van der Waals surface area contributed by atoms with Crippen LogP contribution in [0.2, 0.25) is 20.1 Å². The van der Waals surface area contributed by atoms with Crippen LogP contribution in [0.1, 0.15) is 36.8 Å². The van der Waals surface area contributed by atoms with Gasteiger partial charge >= 0.3 is 0 Å². The second kappa shape index (κ2) is 12.7. The van der Waals surface area contributed by atoms with Gasteiger partial charge in [0.1, 0.15) is 0 Å². The molecule has 2 aromatic carbocycles. The molecular weight excluding hydrogens is 481 g/mol. The monoisotopic (exact) mass is 502 g/mol. The number of benzene rings is 2. The third kappa shape index (κ3) is 7.41. The summed E-state index contributed by atoms with van der Waals surface area (Å²) in [4.78, 5) is 0. The summed E-state index contributed by atoms with van der Waals surface area (Å²) < 4.78 is 0. The first-order chi connectivity index (χ1) is 12.5. The van der Waals surface area contributed by atoms with Crippen LogP contribution in [0, 0.1) is 0 Å². The van der Waals surface area contributed by atoms with Gasteiger partial charge in [-0.15, -0.1) is 24.8 Å². The van der Waals surface area contributed by atoms with Crippen LogP contribution in [0.25, 0.3) is 0 Å². The molecule has 1 saturated carbocycles. The Hall–Kier alpha value is 0.1000. The van der Waals surface area contributed by atoms with Gasteiger partial charge in [0, 0.05) is 45.3 Å². The maximum Gasteiger partial charge on any atom is 0.0465 e. The lowest BCUT2D eigenvalue weighted by molar-refractivity contribution is 0.281. The molecule has 0 aromatic heterocycles. The Balaban J connectivity index is 0.00000196. The molecule has 28 heavy (non-hydrogen) atoms. The van der Waals surface area contributed by atoms with Crippen LogP contribution in [-0.2, 0) is 13.1 Å². The second-order valence-corrected chi connectivity index (χ2v) is 8.42. The Morgan fingerprint density at radius 2 is 1.07 bits per heavy atom. The highest BCUT2D eigenvalue weighted by molar-refractivity contribution is 6.35. The van der Waals surface area contributed by atoms with Crippen molar-refractivity contribution in [2.75, 3.05) is 0 Å². The summed E-state index contributed by atoms with van der Waals surface area (Å²) in [6, 6.07) is 12.1. The van der Waals surface area contributed by atoms with E-state index in [1.807, 2.05) is 24.3 Å². The van der Waals surface area contributed by atoms with E-state index in [1.165, 1.54) is 12.8 Å². The van der Waals surface area contributed by atoms with Crippen molar-refractivity contribution in [3.05, 3.63) is 67.6 Å². The zero-order chi connectivity index (χ0) is 18.5. The normalized spacial score (nSPS) is 18.9. The first kappa shape index (κ1) is 26.1. The Bertz CT molecular complexity index is 692. The van der Waals surface area contributed by atoms with Crippen molar-refractivity contribution in [3.63, 3.8) is 0 Å². The summed E-state index contributed by atoms with van der Waals surface area (Å²) in [5.74, 6) is 0. The molecule has 2 aromatic rings. The Morgan fingerprint density at radius 1 is 0.679 bits per heavy atom. The molecule has 1 aliphatic rings. The molecule has 2 atom stereocenters. The highest BCUT2D eigenvalue weighted by Gasteiger charge is 2.24. The van der Waals surface area contributed by atoms with Crippen LogP contribution < -0.4 is 10.6 Å². The molecule has 0 bridgehead atoms. The average Bonchev–Trinajstić information content (AvgIpc) is 2.61. The van der Waals surface area contributed by atoms with Crippen molar-refractivity contribution >= 4 is 71.2 Å². The van der Waals surface area contributed by atoms with Gasteiger partial charge < -0.3 is 10.6 Å². The lowest BCUT2D eigenvalue weighted by Gasteiger charge is -2.33. The molecule has 3 rings (SSSR count). The van der Waals surface area contributed by atoms with Gasteiger partial charge in [-0.2, -0.15) is 0 Å². The van der Waals surface area contributed by atoms with Gasteiger partial charge in [0.25, 0.3) is 0 Å². The molecule has 0 heterocycles. The number of nitrogens with one attached hydrogen (secondary N) is 2. The third-order valence-electron chi connectivity index (χ3n) is 4.91. The topological polar surface area (TPSA) is 24.1 Å². The molecule has 156 valence electrons. The zero-order valence-electron chi connectivity index (χ0n) is 15.2. The van der Waals surface area contributed by atoms with Gasteiger partial charge in [-0.1, -0.05) is 71.4 Å². The predicted molar refractivity (Wildman–Crippen MR) is 127 cm³/mol. The summed E-state index contributed by atoms with van der Waals surface area (Å²) >= 11 is 24.5. The van der Waals surface area contributed by atoms with Crippen molar-refractivity contribution in [2.24, 2.45) is 0 Å². The SMILES string of the molecule is Cl.Cl.Clc1ccc(CN[C@H]2CCCC[C@@H]2NCc2ccc(Cl)cc2Cl)c(Cl)c1. The van der Waals surface area contributed by atoms with Crippen molar-refractivity contribution in [3.8, 4) is 0 Å². The largest absolute Gasteiger partial charge is 0.308 e. The fourth-order valence-electron chi connectivity index (χ4n) is 3.43. The fourth-order valence-corrected chi connectivity index (χ4v) is 4.38. The Morgan fingerprint density at radius 3 is 1.43 bits per heavy atom. The first-order valence-electron chi connectivity index (χ1n) is 8.87. The van der Waals surface area contributed by atoms with Gasteiger partial charge in [-0.3, -0.25) is 0 Å². The number of hydrogen-bond donors (Lipinski definition) is 2. The molecule has 0 spiro atoms. The van der Waals surface area contributed by atoms with E-state index in [2.05, 4.69) is 10.6 Å². The van der Waals surface area contributed by atoms with E-state index in [4.69, 9.17) is 46.4 Å². The summed E-state index contributed by atoms with van der Waals surface area (Å²) in [5.41, 5.74) is 2.14. The van der Waals surface area contributed by atoms with E-state index in [1.54, 1.807) is 12.1 Å². The molecule has 0 amide bonds. The van der Waals surface area contributed by atoms with Gasteiger partial charge in [0.15, 0.2) is 0 Å². The second-order valence-electron chi connectivity index (χ2n) is 6.73. The average molecular weight is 505 g/mol. The Kier molecular flexibility index (Phi) is 11.9. The van der Waals surface area contributed by atoms with Crippen LogP contribution in [-0.4, -0.2) is 12.1 Å². The summed E-state index contributed by atoms with van der Waals surface area (Å²) in [5, 5.41) is 10.1. The van der Waals surface area contributed by atoms with Crippen LogP contribution >= 0.6 is 71.2 Å². The molecule has 2 N–H and O–H groups in total. The standard InChI is InChI=1S/C20H22Cl4N2.2ClH/c21-15-7-5-13(17(23)9-15)11-25-19-3-1-2-4-20(19)26-12-14-6-8-16(22)10-18(14)24;;/h5-10,19-20,25-26H,1-4,11-12H2;2*1H/t19-,20-;;/m0../s1. The van der Waals surface area contributed by atoms with Crippen LogP contribution in [0.15, 0.2) is 36.4 Å². The van der Waals surface area contributed by atoms with Crippen molar-refractivity contribution in [1.29, 1.82) is 0 Å². The highest BCUT2D eigenvalue weighted by Crippen LogP contribution is 2.25. The molecule has 1 aliphatic carbocycles. The third-order valence-corrected chi connectivity index (χ3v) is 6.08. The smallest absolute Gasteiger partial charge is 0.0465 e. The molecule has 0 radical (unpaired) electrons.